The minimum Gasteiger partial charge on any atom is -0.314 e. The summed E-state index contributed by atoms with van der Waals surface area (Å²) in [5.41, 5.74) is 1.59. The fourth-order valence-corrected chi connectivity index (χ4v) is 2.49. The molecule has 1 heteroatoms. The Morgan fingerprint density at radius 3 is 2.81 bits per heavy atom. The van der Waals surface area contributed by atoms with E-state index >= 15 is 0 Å². The van der Waals surface area contributed by atoms with E-state index in [4.69, 9.17) is 0 Å². The van der Waals surface area contributed by atoms with Crippen molar-refractivity contribution in [3.63, 3.8) is 0 Å². The molecule has 1 atom stereocenters. The molecule has 16 heavy (non-hydrogen) atoms. The van der Waals surface area contributed by atoms with E-state index in [9.17, 15) is 0 Å². The Hall–Kier alpha value is -0.300. The molecule has 0 aliphatic carbocycles. The molecule has 0 amide bonds. The van der Waals surface area contributed by atoms with E-state index in [2.05, 4.69) is 25.2 Å². The van der Waals surface area contributed by atoms with Crippen molar-refractivity contribution in [3.05, 3.63) is 11.6 Å². The third-order valence-electron chi connectivity index (χ3n) is 3.53. The van der Waals surface area contributed by atoms with Crippen molar-refractivity contribution in [1.82, 2.24) is 5.32 Å². The molecule has 1 aliphatic heterocycles. The topological polar surface area (TPSA) is 12.0 Å². The molecule has 1 unspecified atom stereocenters. The number of allylic oxidation sites excluding steroid dienone is 1. The Balaban J connectivity index is 2.07. The summed E-state index contributed by atoms with van der Waals surface area (Å²) in [4.78, 5) is 0. The second-order valence-corrected chi connectivity index (χ2v) is 5.25. The van der Waals surface area contributed by atoms with Crippen LogP contribution in [0, 0.1) is 0 Å². The SMILES string of the molecule is CCCCCC/C=C(/C)CC1CCCCN1. The van der Waals surface area contributed by atoms with Gasteiger partial charge in [0.15, 0.2) is 0 Å². The molecule has 1 saturated heterocycles. The number of hydrogen-bond donors (Lipinski definition) is 1. The first-order chi connectivity index (χ1) is 7.83. The molecule has 0 aromatic rings. The third-order valence-corrected chi connectivity index (χ3v) is 3.53. The van der Waals surface area contributed by atoms with E-state index in [0.717, 1.165) is 6.04 Å². The summed E-state index contributed by atoms with van der Waals surface area (Å²) in [6.45, 7) is 5.81. The van der Waals surface area contributed by atoms with Crippen LogP contribution in [-0.2, 0) is 0 Å². The fraction of sp³-hybridized carbons (Fsp3) is 0.867. The van der Waals surface area contributed by atoms with Gasteiger partial charge in [0.25, 0.3) is 0 Å². The van der Waals surface area contributed by atoms with Gasteiger partial charge in [-0.25, -0.2) is 0 Å². The van der Waals surface area contributed by atoms with Crippen LogP contribution in [0.3, 0.4) is 0 Å². The zero-order chi connectivity index (χ0) is 11.6. The van der Waals surface area contributed by atoms with Crippen molar-refractivity contribution in [3.8, 4) is 0 Å². The number of nitrogens with one attached hydrogen (secondary N) is 1. The van der Waals surface area contributed by atoms with Gasteiger partial charge in [0.05, 0.1) is 0 Å². The van der Waals surface area contributed by atoms with E-state index in [1.54, 1.807) is 5.57 Å². The predicted molar refractivity (Wildman–Crippen MR) is 72.8 cm³/mol. The fourth-order valence-electron chi connectivity index (χ4n) is 2.49. The number of piperidine rings is 1. The highest BCUT2D eigenvalue weighted by Gasteiger charge is 2.11. The molecule has 0 bridgehead atoms. The Kier molecular flexibility index (Phi) is 7.58. The lowest BCUT2D eigenvalue weighted by molar-refractivity contribution is 0.398. The smallest absolute Gasteiger partial charge is 0.0104 e. The van der Waals surface area contributed by atoms with Gasteiger partial charge in [0.1, 0.15) is 0 Å². The standard InChI is InChI=1S/C15H29N/c1-3-4-5-6-7-10-14(2)13-15-11-8-9-12-16-15/h10,15-16H,3-9,11-13H2,1-2H3/b14-10-. The molecule has 94 valence electrons. The van der Waals surface area contributed by atoms with E-state index < -0.39 is 0 Å². The highest BCUT2D eigenvalue weighted by atomic mass is 14.9. The van der Waals surface area contributed by atoms with Crippen LogP contribution in [0.15, 0.2) is 11.6 Å². The molecular formula is C15H29N. The largest absolute Gasteiger partial charge is 0.314 e. The van der Waals surface area contributed by atoms with Crippen molar-refractivity contribution < 1.29 is 0 Å². The quantitative estimate of drug-likeness (QED) is 0.497. The van der Waals surface area contributed by atoms with Crippen LogP contribution in [-0.4, -0.2) is 12.6 Å². The lowest BCUT2D eigenvalue weighted by Crippen LogP contribution is -2.33. The molecule has 0 saturated carbocycles. The zero-order valence-electron chi connectivity index (χ0n) is 11.2. The molecule has 1 heterocycles. The summed E-state index contributed by atoms with van der Waals surface area (Å²) in [6, 6.07) is 0.764. The third kappa shape index (κ3) is 6.32. The molecular weight excluding hydrogens is 194 g/mol. The summed E-state index contributed by atoms with van der Waals surface area (Å²) in [5.74, 6) is 0. The van der Waals surface area contributed by atoms with Crippen molar-refractivity contribution in [2.45, 2.75) is 77.7 Å². The van der Waals surface area contributed by atoms with Crippen LogP contribution in [0.5, 0.6) is 0 Å². The number of unbranched alkanes of at least 4 members (excludes halogenated alkanes) is 4. The Morgan fingerprint density at radius 1 is 1.25 bits per heavy atom. The van der Waals surface area contributed by atoms with Gasteiger partial charge in [0.2, 0.25) is 0 Å². The normalized spacial score (nSPS) is 22.4. The first-order valence-electron chi connectivity index (χ1n) is 7.22. The van der Waals surface area contributed by atoms with Gasteiger partial charge in [-0.3, -0.25) is 0 Å². The summed E-state index contributed by atoms with van der Waals surface area (Å²) in [6.07, 6.45) is 14.7. The maximum atomic E-state index is 3.62. The number of rotatable bonds is 7. The van der Waals surface area contributed by atoms with E-state index in [0.29, 0.717) is 0 Å². The van der Waals surface area contributed by atoms with Crippen LogP contribution >= 0.6 is 0 Å². The van der Waals surface area contributed by atoms with Gasteiger partial charge >= 0.3 is 0 Å². The molecule has 1 nitrogen and oxygen atoms in total. The minimum absolute atomic E-state index is 0.764. The summed E-state index contributed by atoms with van der Waals surface area (Å²) in [7, 11) is 0. The summed E-state index contributed by atoms with van der Waals surface area (Å²) < 4.78 is 0. The number of hydrogen-bond acceptors (Lipinski definition) is 1. The van der Waals surface area contributed by atoms with Crippen LogP contribution in [0.25, 0.3) is 0 Å². The second-order valence-electron chi connectivity index (χ2n) is 5.25. The van der Waals surface area contributed by atoms with Crippen LogP contribution in [0.1, 0.15) is 71.6 Å². The monoisotopic (exact) mass is 223 g/mol. The van der Waals surface area contributed by atoms with Gasteiger partial charge in [-0.2, -0.15) is 0 Å². The molecule has 0 spiro atoms. The summed E-state index contributed by atoms with van der Waals surface area (Å²) in [5, 5.41) is 3.62. The molecule has 1 fully saturated rings. The van der Waals surface area contributed by atoms with Crippen LogP contribution in [0.2, 0.25) is 0 Å². The lowest BCUT2D eigenvalue weighted by atomic mass is 9.97. The highest BCUT2D eigenvalue weighted by Crippen LogP contribution is 2.15. The molecule has 0 radical (unpaired) electrons. The molecule has 1 rings (SSSR count). The maximum absolute atomic E-state index is 3.62. The Morgan fingerprint density at radius 2 is 2.12 bits per heavy atom. The Labute approximate surface area is 102 Å². The highest BCUT2D eigenvalue weighted by molar-refractivity contribution is 5.01. The molecule has 1 N–H and O–H groups in total. The minimum atomic E-state index is 0.764. The average molecular weight is 223 g/mol. The van der Waals surface area contributed by atoms with E-state index in [1.807, 2.05) is 0 Å². The van der Waals surface area contributed by atoms with Gasteiger partial charge in [-0.1, -0.05) is 44.3 Å². The lowest BCUT2D eigenvalue weighted by Gasteiger charge is -2.23. The first kappa shape index (κ1) is 13.8. The van der Waals surface area contributed by atoms with Crippen molar-refractivity contribution in [2.75, 3.05) is 6.54 Å². The van der Waals surface area contributed by atoms with Crippen molar-refractivity contribution >= 4 is 0 Å². The van der Waals surface area contributed by atoms with E-state index in [1.165, 1.54) is 64.3 Å². The van der Waals surface area contributed by atoms with Crippen molar-refractivity contribution in [1.29, 1.82) is 0 Å². The van der Waals surface area contributed by atoms with Gasteiger partial charge < -0.3 is 5.32 Å². The first-order valence-corrected chi connectivity index (χ1v) is 7.22. The van der Waals surface area contributed by atoms with Crippen LogP contribution < -0.4 is 5.32 Å². The van der Waals surface area contributed by atoms with E-state index in [-0.39, 0.29) is 0 Å². The molecule has 0 aromatic heterocycles. The average Bonchev–Trinajstić information content (AvgIpc) is 2.30. The summed E-state index contributed by atoms with van der Waals surface area (Å²) >= 11 is 0. The predicted octanol–water partition coefficient (Wildman–Crippen LogP) is 4.44. The maximum Gasteiger partial charge on any atom is 0.0104 e. The Bertz CT molecular complexity index is 190. The zero-order valence-corrected chi connectivity index (χ0v) is 11.2. The molecule has 0 aromatic carbocycles. The van der Waals surface area contributed by atoms with Crippen LogP contribution in [0.4, 0.5) is 0 Å². The van der Waals surface area contributed by atoms with Crippen molar-refractivity contribution in [2.24, 2.45) is 0 Å². The van der Waals surface area contributed by atoms with Gasteiger partial charge in [-0.15, -0.1) is 0 Å². The second kappa shape index (κ2) is 8.81. The van der Waals surface area contributed by atoms with Gasteiger partial charge in [-0.05, 0) is 45.6 Å². The van der Waals surface area contributed by atoms with Gasteiger partial charge in [0, 0.05) is 6.04 Å². The molecule has 1 aliphatic rings.